The first-order valence-corrected chi connectivity index (χ1v) is 6.33. The van der Waals surface area contributed by atoms with E-state index in [0.717, 1.165) is 19.7 Å². The molecule has 1 unspecified atom stereocenters. The van der Waals surface area contributed by atoms with Crippen LogP contribution in [0.15, 0.2) is 0 Å². The minimum atomic E-state index is 0.375. The quantitative estimate of drug-likeness (QED) is 0.763. The summed E-state index contributed by atoms with van der Waals surface area (Å²) in [5.74, 6) is 0.559. The van der Waals surface area contributed by atoms with Gasteiger partial charge in [0.25, 0.3) is 0 Å². The molecule has 0 spiro atoms. The molecule has 0 aliphatic carbocycles. The predicted octanol–water partition coefficient (Wildman–Crippen LogP) is 1.26. The first-order chi connectivity index (χ1) is 7.38. The van der Waals surface area contributed by atoms with E-state index in [0.29, 0.717) is 18.6 Å². The molecule has 0 aromatic carbocycles. The van der Waals surface area contributed by atoms with Gasteiger partial charge in [-0.25, -0.2) is 0 Å². The van der Waals surface area contributed by atoms with Crippen LogP contribution in [0.4, 0.5) is 0 Å². The van der Waals surface area contributed by atoms with Gasteiger partial charge in [0, 0.05) is 19.8 Å². The summed E-state index contributed by atoms with van der Waals surface area (Å²) in [6, 6.07) is 0. The van der Waals surface area contributed by atoms with Crippen LogP contribution in [0.3, 0.4) is 0 Å². The molecule has 2 heterocycles. The van der Waals surface area contributed by atoms with E-state index in [1.54, 1.807) is 0 Å². The number of hydrogen-bond acceptors (Lipinski definition) is 3. The van der Waals surface area contributed by atoms with E-state index in [1.807, 2.05) is 0 Å². The number of piperidine rings is 1. The van der Waals surface area contributed by atoms with Crippen LogP contribution in [0.2, 0.25) is 0 Å². The zero-order valence-electron chi connectivity index (χ0n) is 9.53. The molecule has 1 N–H and O–H groups in total. The van der Waals surface area contributed by atoms with E-state index in [9.17, 15) is 0 Å². The Morgan fingerprint density at radius 1 is 1.20 bits per heavy atom. The van der Waals surface area contributed by atoms with Crippen LogP contribution in [0, 0.1) is 5.92 Å². The summed E-state index contributed by atoms with van der Waals surface area (Å²) >= 11 is 0. The summed E-state index contributed by atoms with van der Waals surface area (Å²) in [4.78, 5) is 2.52. The number of aliphatic hydroxyl groups excluding tert-OH is 1. The first kappa shape index (κ1) is 11.4. The summed E-state index contributed by atoms with van der Waals surface area (Å²) in [6.07, 6.45) is 6.57. The molecule has 88 valence electrons. The Hall–Kier alpha value is -0.120. The van der Waals surface area contributed by atoms with Gasteiger partial charge < -0.3 is 14.7 Å². The van der Waals surface area contributed by atoms with Crippen LogP contribution in [0.25, 0.3) is 0 Å². The zero-order chi connectivity index (χ0) is 10.5. The molecule has 1 atom stereocenters. The maximum Gasteiger partial charge on any atom is 0.0588 e. The Labute approximate surface area is 92.4 Å². The summed E-state index contributed by atoms with van der Waals surface area (Å²) in [5, 5.41) is 9.04. The normalized spacial score (nSPS) is 29.8. The van der Waals surface area contributed by atoms with E-state index < -0.39 is 0 Å². The molecule has 3 nitrogen and oxygen atoms in total. The van der Waals surface area contributed by atoms with Crippen molar-refractivity contribution in [2.75, 3.05) is 32.8 Å². The summed E-state index contributed by atoms with van der Waals surface area (Å²) in [6.45, 7) is 4.86. The third-order valence-electron chi connectivity index (χ3n) is 3.76. The van der Waals surface area contributed by atoms with Crippen LogP contribution in [-0.2, 0) is 4.74 Å². The van der Waals surface area contributed by atoms with Gasteiger partial charge in [-0.2, -0.15) is 0 Å². The third kappa shape index (κ3) is 3.44. The van der Waals surface area contributed by atoms with Crippen molar-refractivity contribution in [3.63, 3.8) is 0 Å². The topological polar surface area (TPSA) is 32.7 Å². The molecule has 2 fully saturated rings. The van der Waals surface area contributed by atoms with Gasteiger partial charge in [0.15, 0.2) is 0 Å². The molecule has 0 aromatic rings. The van der Waals surface area contributed by atoms with Crippen molar-refractivity contribution in [2.45, 2.75) is 38.2 Å². The lowest BCUT2D eigenvalue weighted by Crippen LogP contribution is -2.36. The van der Waals surface area contributed by atoms with Crippen molar-refractivity contribution in [3.8, 4) is 0 Å². The summed E-state index contributed by atoms with van der Waals surface area (Å²) in [5.41, 5.74) is 0. The van der Waals surface area contributed by atoms with Crippen molar-refractivity contribution in [1.29, 1.82) is 0 Å². The van der Waals surface area contributed by atoms with Gasteiger partial charge in [-0.15, -0.1) is 0 Å². The second-order valence-electron chi connectivity index (χ2n) is 4.89. The SMILES string of the molecule is OCC1CCN(CCC2CCCO2)CC1. The predicted molar refractivity (Wildman–Crippen MR) is 59.8 cm³/mol. The summed E-state index contributed by atoms with van der Waals surface area (Å²) in [7, 11) is 0. The second-order valence-corrected chi connectivity index (χ2v) is 4.89. The highest BCUT2D eigenvalue weighted by Crippen LogP contribution is 2.19. The van der Waals surface area contributed by atoms with Crippen LogP contribution >= 0.6 is 0 Å². The molecule has 3 heteroatoms. The van der Waals surface area contributed by atoms with Crippen molar-refractivity contribution in [3.05, 3.63) is 0 Å². The van der Waals surface area contributed by atoms with Gasteiger partial charge in [-0.3, -0.25) is 0 Å². The van der Waals surface area contributed by atoms with E-state index >= 15 is 0 Å². The lowest BCUT2D eigenvalue weighted by Gasteiger charge is -2.31. The lowest BCUT2D eigenvalue weighted by atomic mass is 9.97. The van der Waals surface area contributed by atoms with Gasteiger partial charge in [-0.1, -0.05) is 0 Å². The molecule has 15 heavy (non-hydrogen) atoms. The van der Waals surface area contributed by atoms with Crippen molar-refractivity contribution in [2.24, 2.45) is 5.92 Å². The molecule has 0 aromatic heterocycles. The van der Waals surface area contributed by atoms with Crippen LogP contribution in [0.1, 0.15) is 32.1 Å². The molecular formula is C12H23NO2. The fourth-order valence-electron chi connectivity index (χ4n) is 2.59. The van der Waals surface area contributed by atoms with Gasteiger partial charge in [0.2, 0.25) is 0 Å². The Kier molecular flexibility index (Phi) is 4.42. The van der Waals surface area contributed by atoms with E-state index in [2.05, 4.69) is 4.90 Å². The highest BCUT2D eigenvalue weighted by molar-refractivity contribution is 4.73. The molecule has 0 amide bonds. The highest BCUT2D eigenvalue weighted by atomic mass is 16.5. The standard InChI is InChI=1S/C12H23NO2/c14-10-11-3-6-13(7-4-11)8-5-12-2-1-9-15-12/h11-12,14H,1-10H2. The zero-order valence-corrected chi connectivity index (χ0v) is 9.53. The fraction of sp³-hybridized carbons (Fsp3) is 1.00. The molecule has 2 saturated heterocycles. The molecule has 0 radical (unpaired) electrons. The Bertz CT molecular complexity index is 172. The van der Waals surface area contributed by atoms with Crippen LogP contribution in [0.5, 0.6) is 0 Å². The average Bonchev–Trinajstić information content (AvgIpc) is 2.80. The maximum absolute atomic E-state index is 9.04. The second kappa shape index (κ2) is 5.83. The minimum absolute atomic E-state index is 0.375. The number of aliphatic hydroxyl groups is 1. The third-order valence-corrected chi connectivity index (χ3v) is 3.76. The van der Waals surface area contributed by atoms with Crippen molar-refractivity contribution in [1.82, 2.24) is 4.90 Å². The monoisotopic (exact) mass is 213 g/mol. The van der Waals surface area contributed by atoms with Gasteiger partial charge >= 0.3 is 0 Å². The highest BCUT2D eigenvalue weighted by Gasteiger charge is 2.20. The Morgan fingerprint density at radius 3 is 2.60 bits per heavy atom. The smallest absolute Gasteiger partial charge is 0.0588 e. The number of nitrogens with zero attached hydrogens (tertiary/aromatic N) is 1. The molecule has 0 bridgehead atoms. The largest absolute Gasteiger partial charge is 0.396 e. The van der Waals surface area contributed by atoms with Crippen molar-refractivity contribution < 1.29 is 9.84 Å². The van der Waals surface area contributed by atoms with Gasteiger partial charge in [0.1, 0.15) is 0 Å². The molecular weight excluding hydrogens is 190 g/mol. The first-order valence-electron chi connectivity index (χ1n) is 6.33. The van der Waals surface area contributed by atoms with Crippen LogP contribution < -0.4 is 0 Å². The minimum Gasteiger partial charge on any atom is -0.396 e. The summed E-state index contributed by atoms with van der Waals surface area (Å²) < 4.78 is 5.62. The number of hydrogen-bond donors (Lipinski definition) is 1. The number of rotatable bonds is 4. The van der Waals surface area contributed by atoms with Gasteiger partial charge in [0.05, 0.1) is 6.10 Å². The van der Waals surface area contributed by atoms with E-state index in [-0.39, 0.29) is 0 Å². The maximum atomic E-state index is 9.04. The van der Waals surface area contributed by atoms with E-state index in [4.69, 9.17) is 9.84 Å². The molecule has 2 aliphatic rings. The average molecular weight is 213 g/mol. The molecule has 0 saturated carbocycles. The number of likely N-dealkylation sites (tertiary alicyclic amines) is 1. The Balaban J connectivity index is 1.59. The number of ether oxygens (including phenoxy) is 1. The fourth-order valence-corrected chi connectivity index (χ4v) is 2.59. The molecule has 2 rings (SSSR count). The van der Waals surface area contributed by atoms with Crippen LogP contribution in [-0.4, -0.2) is 49.0 Å². The Morgan fingerprint density at radius 2 is 2.00 bits per heavy atom. The lowest BCUT2D eigenvalue weighted by molar-refractivity contribution is 0.0794. The van der Waals surface area contributed by atoms with E-state index in [1.165, 1.54) is 38.6 Å². The molecule has 2 aliphatic heterocycles. The van der Waals surface area contributed by atoms with Crippen molar-refractivity contribution >= 4 is 0 Å². The van der Waals surface area contributed by atoms with Gasteiger partial charge in [-0.05, 0) is 51.1 Å².